The molecule has 0 saturated heterocycles. The number of hydrogen-bond donors (Lipinski definition) is 4. The summed E-state index contributed by atoms with van der Waals surface area (Å²) in [5.74, 6) is -0.698. The van der Waals surface area contributed by atoms with Gasteiger partial charge in [-0.2, -0.15) is 0 Å². The molecule has 0 unspecified atom stereocenters. The molecule has 2 aromatic carbocycles. The van der Waals surface area contributed by atoms with E-state index in [-0.39, 0.29) is 28.7 Å². The lowest BCUT2D eigenvalue weighted by atomic mass is 10.2. The highest BCUT2D eigenvalue weighted by molar-refractivity contribution is 7.80. The van der Waals surface area contributed by atoms with Gasteiger partial charge in [-0.3, -0.25) is 30.6 Å². The van der Waals surface area contributed by atoms with Crippen LogP contribution in [0.2, 0.25) is 10.0 Å². The maximum Gasteiger partial charge on any atom is 0.269 e. The van der Waals surface area contributed by atoms with E-state index in [0.717, 1.165) is 15.6 Å². The average molecular weight is 539 g/mol. The quantitative estimate of drug-likeness (QED) is 0.270. The molecule has 0 bridgehead atoms. The number of anilines is 1. The van der Waals surface area contributed by atoms with Crippen molar-refractivity contribution in [2.75, 3.05) is 12.4 Å². The number of hydrazine groups is 1. The van der Waals surface area contributed by atoms with Gasteiger partial charge < -0.3 is 10.1 Å². The zero-order chi connectivity index (χ0) is 24.8. The minimum absolute atomic E-state index is 0.0561. The largest absolute Gasteiger partial charge is 0.497 e. The molecule has 0 saturated carbocycles. The predicted octanol–water partition coefficient (Wildman–Crippen LogP) is 4.58. The summed E-state index contributed by atoms with van der Waals surface area (Å²) < 4.78 is 5.97. The van der Waals surface area contributed by atoms with Crippen molar-refractivity contribution in [3.8, 4) is 5.75 Å². The van der Waals surface area contributed by atoms with E-state index in [2.05, 4.69) is 21.5 Å². The standard InChI is InChI=1S/C22H20Cl2N4O4S2/c1-11-14(23)4-3-5-15(11)25-17(29)8-9-18(30)27-28-22(33)26-21(31)20-19(24)13-7-6-12(32-2)10-16(13)34-20/h3-7,10H,8-9H2,1-2H3,(H,25,29)(H,27,30)(H2,26,28,31,33). The number of nitrogens with one attached hydrogen (secondary N) is 4. The summed E-state index contributed by atoms with van der Waals surface area (Å²) in [5.41, 5.74) is 6.10. The number of methoxy groups -OCH3 is 1. The Morgan fingerprint density at radius 3 is 2.53 bits per heavy atom. The molecule has 4 N–H and O–H groups in total. The van der Waals surface area contributed by atoms with Crippen molar-refractivity contribution in [2.45, 2.75) is 19.8 Å². The van der Waals surface area contributed by atoms with Gasteiger partial charge in [-0.05, 0) is 55.0 Å². The summed E-state index contributed by atoms with van der Waals surface area (Å²) >= 11 is 18.6. The minimum Gasteiger partial charge on any atom is -0.497 e. The Morgan fingerprint density at radius 1 is 1.06 bits per heavy atom. The second-order valence-corrected chi connectivity index (χ2v) is 9.27. The fourth-order valence-electron chi connectivity index (χ4n) is 2.88. The number of hydrogen-bond acceptors (Lipinski definition) is 6. The molecular formula is C22H20Cl2N4O4S2. The highest BCUT2D eigenvalue weighted by Crippen LogP contribution is 2.37. The molecule has 0 aliphatic carbocycles. The first-order valence-electron chi connectivity index (χ1n) is 9.90. The van der Waals surface area contributed by atoms with Gasteiger partial charge >= 0.3 is 0 Å². The number of carbonyl (C=O) groups excluding carboxylic acids is 3. The van der Waals surface area contributed by atoms with Crippen LogP contribution in [0.3, 0.4) is 0 Å². The summed E-state index contributed by atoms with van der Waals surface area (Å²) in [5, 5.41) is 6.60. The van der Waals surface area contributed by atoms with Crippen LogP contribution in [0, 0.1) is 6.92 Å². The number of ether oxygens (including phenoxy) is 1. The molecule has 0 spiro atoms. The average Bonchev–Trinajstić information content (AvgIpc) is 3.15. The third-order valence-electron chi connectivity index (χ3n) is 4.71. The maximum absolute atomic E-state index is 12.6. The summed E-state index contributed by atoms with van der Waals surface area (Å²) in [4.78, 5) is 37.0. The second kappa shape index (κ2) is 11.5. The molecule has 12 heteroatoms. The molecule has 34 heavy (non-hydrogen) atoms. The number of thiophene rings is 1. The highest BCUT2D eigenvalue weighted by Gasteiger charge is 2.19. The van der Waals surface area contributed by atoms with Gasteiger partial charge in [-0.25, -0.2) is 0 Å². The van der Waals surface area contributed by atoms with E-state index in [0.29, 0.717) is 21.5 Å². The van der Waals surface area contributed by atoms with Gasteiger partial charge in [0.25, 0.3) is 5.91 Å². The normalized spacial score (nSPS) is 10.5. The number of amides is 3. The number of halogens is 2. The minimum atomic E-state index is -0.520. The topological polar surface area (TPSA) is 109 Å². The van der Waals surface area contributed by atoms with Crippen LogP contribution in [0.25, 0.3) is 10.1 Å². The van der Waals surface area contributed by atoms with Crippen molar-refractivity contribution >= 4 is 85.4 Å². The molecule has 8 nitrogen and oxygen atoms in total. The number of benzene rings is 2. The Kier molecular flexibility index (Phi) is 8.67. The van der Waals surface area contributed by atoms with E-state index in [1.807, 2.05) is 0 Å². The van der Waals surface area contributed by atoms with Crippen LogP contribution >= 0.6 is 46.8 Å². The van der Waals surface area contributed by atoms with Gasteiger partial charge in [-0.15, -0.1) is 11.3 Å². The third kappa shape index (κ3) is 6.35. The van der Waals surface area contributed by atoms with Crippen molar-refractivity contribution in [1.29, 1.82) is 0 Å². The smallest absolute Gasteiger partial charge is 0.269 e. The Bertz CT molecular complexity index is 1280. The molecule has 1 heterocycles. The van der Waals surface area contributed by atoms with Crippen molar-refractivity contribution < 1.29 is 19.1 Å². The van der Waals surface area contributed by atoms with E-state index in [9.17, 15) is 14.4 Å². The molecule has 3 amide bonds. The highest BCUT2D eigenvalue weighted by atomic mass is 35.5. The van der Waals surface area contributed by atoms with Gasteiger partial charge in [0.2, 0.25) is 11.8 Å². The van der Waals surface area contributed by atoms with E-state index in [1.54, 1.807) is 50.4 Å². The molecule has 3 aromatic rings. The van der Waals surface area contributed by atoms with Crippen LogP contribution in [0.5, 0.6) is 5.75 Å². The zero-order valence-electron chi connectivity index (χ0n) is 18.1. The Balaban J connectivity index is 1.46. The first kappa shape index (κ1) is 25.7. The lowest BCUT2D eigenvalue weighted by Crippen LogP contribution is -2.48. The third-order valence-corrected chi connectivity index (χ3v) is 6.98. The van der Waals surface area contributed by atoms with Crippen LogP contribution in [-0.2, 0) is 9.59 Å². The molecule has 0 fully saturated rings. The van der Waals surface area contributed by atoms with Gasteiger partial charge in [0.15, 0.2) is 5.11 Å². The molecule has 178 valence electrons. The number of fused-ring (bicyclic) bond motifs is 1. The first-order valence-corrected chi connectivity index (χ1v) is 11.9. The zero-order valence-corrected chi connectivity index (χ0v) is 21.2. The van der Waals surface area contributed by atoms with E-state index < -0.39 is 11.8 Å². The Hall–Kier alpha value is -2.92. The van der Waals surface area contributed by atoms with E-state index >= 15 is 0 Å². The van der Waals surface area contributed by atoms with Crippen molar-refractivity contribution in [3.63, 3.8) is 0 Å². The van der Waals surface area contributed by atoms with Gasteiger partial charge in [0.05, 0.1) is 12.1 Å². The van der Waals surface area contributed by atoms with Crippen LogP contribution in [0.4, 0.5) is 5.69 Å². The second-order valence-electron chi connectivity index (χ2n) is 7.02. The van der Waals surface area contributed by atoms with E-state index in [4.69, 9.17) is 40.2 Å². The number of carbonyl (C=O) groups is 3. The van der Waals surface area contributed by atoms with Gasteiger partial charge in [-0.1, -0.05) is 29.3 Å². The fraction of sp³-hybridized carbons (Fsp3) is 0.182. The summed E-state index contributed by atoms with van der Waals surface area (Å²) in [6, 6.07) is 10.5. The summed E-state index contributed by atoms with van der Waals surface area (Å²) in [6.07, 6.45) is -0.154. The molecule has 3 rings (SSSR count). The summed E-state index contributed by atoms with van der Waals surface area (Å²) in [7, 11) is 1.55. The van der Waals surface area contributed by atoms with Gasteiger partial charge in [0.1, 0.15) is 10.6 Å². The molecule has 1 aromatic heterocycles. The van der Waals surface area contributed by atoms with Crippen LogP contribution in [0.15, 0.2) is 36.4 Å². The predicted molar refractivity (Wildman–Crippen MR) is 139 cm³/mol. The fourth-order valence-corrected chi connectivity index (χ4v) is 4.64. The Morgan fingerprint density at radius 2 is 1.79 bits per heavy atom. The van der Waals surface area contributed by atoms with E-state index in [1.165, 1.54) is 11.3 Å². The molecule has 0 atom stereocenters. The SMILES string of the molecule is COc1ccc2c(Cl)c(C(=O)NC(=S)NNC(=O)CCC(=O)Nc3cccc(Cl)c3C)sc2c1. The monoisotopic (exact) mass is 538 g/mol. The molecular weight excluding hydrogens is 519 g/mol. The lowest BCUT2D eigenvalue weighted by molar-refractivity contribution is -0.124. The summed E-state index contributed by atoms with van der Waals surface area (Å²) in [6.45, 7) is 1.78. The van der Waals surface area contributed by atoms with Crippen LogP contribution in [-0.4, -0.2) is 29.9 Å². The number of rotatable bonds is 6. The Labute approximate surface area is 214 Å². The lowest BCUT2D eigenvalue weighted by Gasteiger charge is -2.11. The maximum atomic E-state index is 12.6. The molecule has 0 aliphatic heterocycles. The van der Waals surface area contributed by atoms with Crippen molar-refractivity contribution in [1.82, 2.24) is 16.2 Å². The van der Waals surface area contributed by atoms with Gasteiger partial charge in [0, 0.05) is 33.6 Å². The molecule has 0 radical (unpaired) electrons. The molecule has 0 aliphatic rings. The number of thiocarbonyl (C=S) groups is 1. The van der Waals surface area contributed by atoms with Crippen LogP contribution in [0.1, 0.15) is 28.1 Å². The van der Waals surface area contributed by atoms with Crippen molar-refractivity contribution in [2.24, 2.45) is 0 Å². The van der Waals surface area contributed by atoms with Crippen molar-refractivity contribution in [3.05, 3.63) is 56.9 Å². The van der Waals surface area contributed by atoms with Crippen LogP contribution < -0.4 is 26.2 Å². The first-order chi connectivity index (χ1) is 16.2.